The van der Waals surface area contributed by atoms with Crippen LogP contribution in [0, 0.1) is 6.92 Å². The van der Waals surface area contributed by atoms with E-state index in [0.29, 0.717) is 10.9 Å². The first-order chi connectivity index (χ1) is 11.2. The quantitative estimate of drug-likeness (QED) is 0.682. The van der Waals surface area contributed by atoms with Crippen molar-refractivity contribution in [1.29, 1.82) is 0 Å². The number of nitrogens with zero attached hydrogens (tertiary/aromatic N) is 4. The highest BCUT2D eigenvalue weighted by atomic mass is 32.2. The topological polar surface area (TPSA) is 77.5 Å². The molecule has 23 heavy (non-hydrogen) atoms. The van der Waals surface area contributed by atoms with E-state index in [1.54, 1.807) is 4.68 Å². The summed E-state index contributed by atoms with van der Waals surface area (Å²) in [5, 5.41) is 22.9. The van der Waals surface area contributed by atoms with Crippen molar-refractivity contribution in [2.45, 2.75) is 18.2 Å². The van der Waals surface area contributed by atoms with E-state index in [2.05, 4.69) is 15.5 Å². The number of benzene rings is 1. The Morgan fingerprint density at radius 1 is 1.35 bits per heavy atom. The molecular formula is C15H22N5O2S+. The van der Waals surface area contributed by atoms with Crippen LogP contribution in [-0.4, -0.2) is 70.0 Å². The minimum absolute atomic E-state index is 0.380. The summed E-state index contributed by atoms with van der Waals surface area (Å²) in [6.45, 7) is 6.25. The van der Waals surface area contributed by atoms with Gasteiger partial charge in [-0.1, -0.05) is 30.0 Å². The van der Waals surface area contributed by atoms with Crippen LogP contribution in [0.4, 0.5) is 0 Å². The summed E-state index contributed by atoms with van der Waals surface area (Å²) in [4.78, 5) is 1.39. The molecule has 1 aromatic heterocycles. The summed E-state index contributed by atoms with van der Waals surface area (Å²) in [6.07, 6.45) is -0.380. The second-order valence-corrected chi connectivity index (χ2v) is 6.68. The highest BCUT2D eigenvalue weighted by molar-refractivity contribution is 7.99. The summed E-state index contributed by atoms with van der Waals surface area (Å²) < 4.78 is 7.07. The van der Waals surface area contributed by atoms with Crippen molar-refractivity contribution < 1.29 is 14.7 Å². The first-order valence-electron chi connectivity index (χ1n) is 7.80. The lowest BCUT2D eigenvalue weighted by Gasteiger charge is -2.25. The zero-order valence-corrected chi connectivity index (χ0v) is 14.0. The second-order valence-electron chi connectivity index (χ2n) is 5.69. The number of nitrogens with one attached hydrogen (secondary N) is 1. The number of quaternary nitrogens is 1. The number of morpholine rings is 1. The molecule has 2 aromatic rings. The molecule has 0 amide bonds. The van der Waals surface area contributed by atoms with Crippen LogP contribution < -0.4 is 4.90 Å². The average Bonchev–Trinajstić information content (AvgIpc) is 3.03. The van der Waals surface area contributed by atoms with E-state index in [4.69, 9.17) is 4.74 Å². The van der Waals surface area contributed by atoms with Crippen LogP contribution in [0.25, 0.3) is 5.69 Å². The lowest BCUT2D eigenvalue weighted by molar-refractivity contribution is -0.910. The fourth-order valence-electron chi connectivity index (χ4n) is 2.65. The van der Waals surface area contributed by atoms with E-state index in [0.717, 1.165) is 44.1 Å². The van der Waals surface area contributed by atoms with Crippen molar-refractivity contribution in [1.82, 2.24) is 20.2 Å². The van der Waals surface area contributed by atoms with Gasteiger partial charge in [-0.25, -0.2) is 0 Å². The molecule has 1 fully saturated rings. The van der Waals surface area contributed by atoms with Gasteiger partial charge in [-0.2, -0.15) is 4.68 Å². The number of aliphatic hydroxyl groups is 1. The van der Waals surface area contributed by atoms with Crippen LogP contribution in [0.2, 0.25) is 0 Å². The maximum atomic E-state index is 10.3. The van der Waals surface area contributed by atoms with Gasteiger partial charge in [0.05, 0.1) is 18.9 Å². The van der Waals surface area contributed by atoms with E-state index in [1.807, 2.05) is 31.2 Å². The van der Waals surface area contributed by atoms with Crippen LogP contribution >= 0.6 is 11.8 Å². The summed E-state index contributed by atoms with van der Waals surface area (Å²) >= 11 is 1.49. The molecule has 1 saturated heterocycles. The van der Waals surface area contributed by atoms with Crippen LogP contribution in [0.1, 0.15) is 5.56 Å². The Morgan fingerprint density at radius 3 is 2.91 bits per heavy atom. The number of aliphatic hydroxyl groups excluding tert-OH is 1. The normalized spacial score (nSPS) is 17.3. The Bertz CT molecular complexity index is 630. The summed E-state index contributed by atoms with van der Waals surface area (Å²) in [6, 6.07) is 7.98. The second kappa shape index (κ2) is 7.87. The monoisotopic (exact) mass is 336 g/mol. The van der Waals surface area contributed by atoms with Gasteiger partial charge in [0.15, 0.2) is 0 Å². The summed E-state index contributed by atoms with van der Waals surface area (Å²) in [7, 11) is 0. The van der Waals surface area contributed by atoms with Crippen molar-refractivity contribution in [2.75, 3.05) is 38.6 Å². The lowest BCUT2D eigenvalue weighted by atomic mass is 10.2. The van der Waals surface area contributed by atoms with Gasteiger partial charge >= 0.3 is 0 Å². The first kappa shape index (κ1) is 16.4. The van der Waals surface area contributed by atoms with Crippen molar-refractivity contribution in [2.24, 2.45) is 0 Å². The molecule has 2 N–H and O–H groups in total. The molecule has 0 radical (unpaired) electrons. The molecule has 124 valence electrons. The smallest absolute Gasteiger partial charge is 0.214 e. The number of aryl methyl sites for hydroxylation is 1. The van der Waals surface area contributed by atoms with Crippen molar-refractivity contribution in [3.8, 4) is 5.69 Å². The summed E-state index contributed by atoms with van der Waals surface area (Å²) in [5.74, 6) is 0.580. The van der Waals surface area contributed by atoms with E-state index >= 15 is 0 Å². The fraction of sp³-hybridized carbons (Fsp3) is 0.533. The number of hydrogen-bond donors (Lipinski definition) is 2. The van der Waals surface area contributed by atoms with Crippen molar-refractivity contribution >= 4 is 11.8 Å². The molecule has 0 aliphatic carbocycles. The van der Waals surface area contributed by atoms with Gasteiger partial charge in [0.1, 0.15) is 25.7 Å². The standard InChI is InChI=1S/C15H21N5O2S/c1-12-4-2-3-5-14(12)20-15(16-17-18-20)23-11-13(21)10-19-6-8-22-9-7-19/h2-5,13,21H,6-11H2,1H3/p+1/t13-/m1/s1. The van der Waals surface area contributed by atoms with Gasteiger partial charge in [-0.05, 0) is 29.0 Å². The van der Waals surface area contributed by atoms with E-state index in [9.17, 15) is 5.11 Å². The average molecular weight is 336 g/mol. The Kier molecular flexibility index (Phi) is 5.60. The minimum Gasteiger partial charge on any atom is -0.386 e. The molecule has 3 rings (SSSR count). The Hall–Kier alpha value is -1.48. The molecule has 0 spiro atoms. The van der Waals surface area contributed by atoms with Crippen LogP contribution in [0.15, 0.2) is 29.4 Å². The third-order valence-corrected chi connectivity index (χ3v) is 4.98. The molecular weight excluding hydrogens is 314 g/mol. The van der Waals surface area contributed by atoms with Gasteiger partial charge in [-0.15, -0.1) is 5.10 Å². The van der Waals surface area contributed by atoms with Crippen molar-refractivity contribution in [3.63, 3.8) is 0 Å². The first-order valence-corrected chi connectivity index (χ1v) is 8.79. The van der Waals surface area contributed by atoms with Gasteiger partial charge in [0.2, 0.25) is 5.16 Å². The van der Waals surface area contributed by atoms with Gasteiger partial charge in [0, 0.05) is 5.75 Å². The third kappa shape index (κ3) is 4.29. The van der Waals surface area contributed by atoms with E-state index < -0.39 is 0 Å². The lowest BCUT2D eigenvalue weighted by Crippen LogP contribution is -3.15. The highest BCUT2D eigenvalue weighted by Gasteiger charge is 2.19. The molecule has 2 heterocycles. The molecule has 1 aliphatic heterocycles. The molecule has 1 aliphatic rings. The van der Waals surface area contributed by atoms with Gasteiger partial charge in [-0.3, -0.25) is 0 Å². The molecule has 1 aromatic carbocycles. The number of ether oxygens (including phenoxy) is 1. The van der Waals surface area contributed by atoms with E-state index in [-0.39, 0.29) is 6.10 Å². The highest BCUT2D eigenvalue weighted by Crippen LogP contribution is 2.20. The third-order valence-electron chi connectivity index (χ3n) is 3.91. The Balaban J connectivity index is 1.59. The van der Waals surface area contributed by atoms with Gasteiger partial charge in [0.25, 0.3) is 0 Å². The van der Waals surface area contributed by atoms with E-state index in [1.165, 1.54) is 16.7 Å². The molecule has 0 bridgehead atoms. The predicted octanol–water partition coefficient (Wildman–Crippen LogP) is -0.661. The number of thioether (sulfide) groups is 1. The maximum absolute atomic E-state index is 10.3. The number of para-hydroxylation sites is 1. The molecule has 7 nitrogen and oxygen atoms in total. The predicted molar refractivity (Wildman–Crippen MR) is 87.0 cm³/mol. The zero-order valence-electron chi connectivity index (χ0n) is 13.2. The van der Waals surface area contributed by atoms with Crippen molar-refractivity contribution in [3.05, 3.63) is 29.8 Å². The largest absolute Gasteiger partial charge is 0.386 e. The molecule has 8 heteroatoms. The van der Waals surface area contributed by atoms with Crippen LogP contribution in [0.3, 0.4) is 0 Å². The van der Waals surface area contributed by atoms with Crippen LogP contribution in [-0.2, 0) is 4.74 Å². The zero-order chi connectivity index (χ0) is 16.1. The number of hydrogen-bond acceptors (Lipinski definition) is 6. The summed E-state index contributed by atoms with van der Waals surface area (Å²) in [5.41, 5.74) is 2.08. The minimum atomic E-state index is -0.380. The number of tetrazole rings is 1. The molecule has 0 saturated carbocycles. The SMILES string of the molecule is Cc1ccccc1-n1nnnc1SC[C@H](O)C[NH+]1CCOCC1. The fourth-order valence-corrected chi connectivity index (χ4v) is 3.46. The maximum Gasteiger partial charge on any atom is 0.214 e. The molecule has 1 atom stereocenters. The number of aromatic nitrogens is 4. The Labute approximate surface area is 139 Å². The molecule has 0 unspecified atom stereocenters. The Morgan fingerprint density at radius 2 is 2.13 bits per heavy atom. The van der Waals surface area contributed by atoms with Crippen LogP contribution in [0.5, 0.6) is 0 Å². The number of rotatable bonds is 6. The van der Waals surface area contributed by atoms with Gasteiger partial charge < -0.3 is 14.7 Å².